The Morgan fingerprint density at radius 3 is 2.53 bits per heavy atom. The van der Waals surface area contributed by atoms with Gasteiger partial charge in [-0.25, -0.2) is 8.42 Å². The van der Waals surface area contributed by atoms with Crippen LogP contribution in [0, 0.1) is 13.8 Å². The average molecular weight is 283 g/mol. The quantitative estimate of drug-likeness (QED) is 0.836. The topological polar surface area (TPSA) is 66.4 Å². The van der Waals surface area contributed by atoms with Crippen molar-refractivity contribution in [1.29, 1.82) is 0 Å². The van der Waals surface area contributed by atoms with Crippen molar-refractivity contribution < 1.29 is 13.5 Å². The highest BCUT2D eigenvalue weighted by Crippen LogP contribution is 2.31. The lowest BCUT2D eigenvalue weighted by molar-refractivity contribution is 0.470. The number of nitrogens with one attached hydrogen (secondary N) is 1. The number of benzene rings is 1. The van der Waals surface area contributed by atoms with E-state index >= 15 is 0 Å². The van der Waals surface area contributed by atoms with Crippen LogP contribution in [-0.4, -0.2) is 31.1 Å². The fraction of sp³-hybridized carbons (Fsp3) is 0.571. The van der Waals surface area contributed by atoms with Crippen LogP contribution in [0.4, 0.5) is 5.69 Å². The molecule has 19 heavy (non-hydrogen) atoms. The molecule has 106 valence electrons. The SMILES string of the molecule is Cc1cc(NC2CCCC2S(C)(=O)=O)c(C)cc1O. The van der Waals surface area contributed by atoms with Gasteiger partial charge in [0.1, 0.15) is 5.75 Å². The van der Waals surface area contributed by atoms with Crippen LogP contribution in [0.25, 0.3) is 0 Å². The number of phenolic OH excluding ortho intramolecular Hbond substituents is 1. The minimum Gasteiger partial charge on any atom is -0.508 e. The summed E-state index contributed by atoms with van der Waals surface area (Å²) in [6.45, 7) is 3.74. The molecule has 2 N–H and O–H groups in total. The predicted octanol–water partition coefficient (Wildman–Crippen LogP) is 2.39. The molecule has 4 nitrogen and oxygen atoms in total. The number of sulfone groups is 1. The fourth-order valence-corrected chi connectivity index (χ4v) is 4.16. The minimum atomic E-state index is -3.01. The van der Waals surface area contributed by atoms with Crippen LogP contribution in [0.3, 0.4) is 0 Å². The second kappa shape index (κ2) is 5.04. The molecule has 0 amide bonds. The smallest absolute Gasteiger partial charge is 0.152 e. The van der Waals surface area contributed by atoms with Gasteiger partial charge in [-0.2, -0.15) is 0 Å². The molecule has 0 radical (unpaired) electrons. The zero-order chi connectivity index (χ0) is 14.2. The normalized spacial score (nSPS) is 23.5. The molecule has 2 unspecified atom stereocenters. The summed E-state index contributed by atoms with van der Waals surface area (Å²) in [6, 6.07) is 3.56. The Balaban J connectivity index is 2.24. The van der Waals surface area contributed by atoms with Gasteiger partial charge in [-0.3, -0.25) is 0 Å². The van der Waals surface area contributed by atoms with Gasteiger partial charge < -0.3 is 10.4 Å². The van der Waals surface area contributed by atoms with E-state index in [2.05, 4.69) is 5.32 Å². The number of hydrogen-bond donors (Lipinski definition) is 2. The lowest BCUT2D eigenvalue weighted by Gasteiger charge is -2.22. The van der Waals surface area contributed by atoms with E-state index in [-0.39, 0.29) is 17.0 Å². The first-order valence-electron chi connectivity index (χ1n) is 6.54. The van der Waals surface area contributed by atoms with Crippen LogP contribution < -0.4 is 5.32 Å². The van der Waals surface area contributed by atoms with Crippen molar-refractivity contribution in [2.24, 2.45) is 0 Å². The van der Waals surface area contributed by atoms with Gasteiger partial charge in [0.15, 0.2) is 9.84 Å². The van der Waals surface area contributed by atoms with Crippen molar-refractivity contribution in [2.75, 3.05) is 11.6 Å². The summed E-state index contributed by atoms with van der Waals surface area (Å²) < 4.78 is 23.5. The van der Waals surface area contributed by atoms with Crippen LogP contribution in [0.5, 0.6) is 5.75 Å². The number of aryl methyl sites for hydroxylation is 2. The van der Waals surface area contributed by atoms with E-state index < -0.39 is 9.84 Å². The van der Waals surface area contributed by atoms with Gasteiger partial charge in [0.2, 0.25) is 0 Å². The number of rotatable bonds is 3. The maximum absolute atomic E-state index is 11.8. The van der Waals surface area contributed by atoms with Gasteiger partial charge in [0.05, 0.1) is 5.25 Å². The van der Waals surface area contributed by atoms with Gasteiger partial charge in [-0.05, 0) is 56.4 Å². The van der Waals surface area contributed by atoms with Gasteiger partial charge >= 0.3 is 0 Å². The Hall–Kier alpha value is -1.23. The minimum absolute atomic E-state index is 0.0300. The first kappa shape index (κ1) is 14.2. The molecule has 1 aromatic carbocycles. The largest absolute Gasteiger partial charge is 0.508 e. The fourth-order valence-electron chi connectivity index (χ4n) is 2.76. The number of phenols is 1. The zero-order valence-corrected chi connectivity index (χ0v) is 12.4. The molecule has 0 saturated heterocycles. The first-order valence-corrected chi connectivity index (χ1v) is 8.50. The lowest BCUT2D eigenvalue weighted by atomic mass is 10.1. The summed E-state index contributed by atoms with van der Waals surface area (Å²) in [5, 5.41) is 12.7. The van der Waals surface area contributed by atoms with E-state index in [1.54, 1.807) is 6.07 Å². The molecule has 1 saturated carbocycles. The molecule has 0 aliphatic heterocycles. The molecule has 5 heteroatoms. The monoisotopic (exact) mass is 283 g/mol. The molecule has 0 bridgehead atoms. The van der Waals surface area contributed by atoms with Crippen LogP contribution in [0.1, 0.15) is 30.4 Å². The van der Waals surface area contributed by atoms with E-state index in [4.69, 9.17) is 0 Å². The van der Waals surface area contributed by atoms with Crippen molar-refractivity contribution in [3.05, 3.63) is 23.3 Å². The van der Waals surface area contributed by atoms with Crippen LogP contribution in [0.2, 0.25) is 0 Å². The molecule has 1 fully saturated rings. The van der Waals surface area contributed by atoms with E-state index in [0.717, 1.165) is 36.1 Å². The molecule has 0 heterocycles. The Morgan fingerprint density at radius 1 is 1.21 bits per heavy atom. The molecule has 0 aromatic heterocycles. The summed E-state index contributed by atoms with van der Waals surface area (Å²) in [5.41, 5.74) is 2.64. The Morgan fingerprint density at radius 2 is 1.89 bits per heavy atom. The zero-order valence-electron chi connectivity index (χ0n) is 11.6. The molecule has 1 aromatic rings. The van der Waals surface area contributed by atoms with Crippen LogP contribution in [0.15, 0.2) is 12.1 Å². The van der Waals surface area contributed by atoms with Gasteiger partial charge in [0, 0.05) is 18.0 Å². The van der Waals surface area contributed by atoms with E-state index in [0.29, 0.717) is 0 Å². The summed E-state index contributed by atoms with van der Waals surface area (Å²) in [4.78, 5) is 0. The van der Waals surface area contributed by atoms with Crippen LogP contribution in [-0.2, 0) is 9.84 Å². The van der Waals surface area contributed by atoms with E-state index in [1.807, 2.05) is 19.9 Å². The summed E-state index contributed by atoms with van der Waals surface area (Å²) in [5.74, 6) is 0.272. The molecule has 2 atom stereocenters. The molecule has 1 aliphatic rings. The number of anilines is 1. The Bertz CT molecular complexity index is 581. The second-order valence-corrected chi connectivity index (χ2v) is 7.77. The summed E-state index contributed by atoms with van der Waals surface area (Å²) >= 11 is 0. The highest BCUT2D eigenvalue weighted by molar-refractivity contribution is 7.91. The lowest BCUT2D eigenvalue weighted by Crippen LogP contribution is -2.34. The summed E-state index contributed by atoms with van der Waals surface area (Å²) in [6.07, 6.45) is 3.85. The third-order valence-corrected chi connectivity index (χ3v) is 5.55. The highest BCUT2D eigenvalue weighted by atomic mass is 32.2. The van der Waals surface area contributed by atoms with E-state index in [9.17, 15) is 13.5 Å². The molecular weight excluding hydrogens is 262 g/mol. The van der Waals surface area contributed by atoms with Gasteiger partial charge in [-0.15, -0.1) is 0 Å². The maximum atomic E-state index is 11.8. The maximum Gasteiger partial charge on any atom is 0.152 e. The highest BCUT2D eigenvalue weighted by Gasteiger charge is 2.34. The third kappa shape index (κ3) is 3.03. The number of aromatic hydroxyl groups is 1. The van der Waals surface area contributed by atoms with Gasteiger partial charge in [0.25, 0.3) is 0 Å². The van der Waals surface area contributed by atoms with Gasteiger partial charge in [-0.1, -0.05) is 0 Å². The standard InChI is InChI=1S/C14H21NO3S/c1-9-8-13(16)10(2)7-12(9)15-11-5-4-6-14(11)19(3,17)18/h7-8,11,14-16H,4-6H2,1-3H3. The predicted molar refractivity (Wildman–Crippen MR) is 77.5 cm³/mol. The molecule has 0 spiro atoms. The van der Waals surface area contributed by atoms with Crippen molar-refractivity contribution in [2.45, 2.75) is 44.4 Å². The van der Waals surface area contributed by atoms with Crippen molar-refractivity contribution >= 4 is 15.5 Å². The molecular formula is C14H21NO3S. The third-order valence-electron chi connectivity index (χ3n) is 3.89. The molecule has 1 aliphatic carbocycles. The van der Waals surface area contributed by atoms with Crippen molar-refractivity contribution in [3.8, 4) is 5.75 Å². The second-order valence-electron chi connectivity index (χ2n) is 5.50. The average Bonchev–Trinajstić information content (AvgIpc) is 2.73. The van der Waals surface area contributed by atoms with E-state index in [1.165, 1.54) is 6.26 Å². The van der Waals surface area contributed by atoms with Crippen molar-refractivity contribution in [3.63, 3.8) is 0 Å². The van der Waals surface area contributed by atoms with Crippen LogP contribution >= 0.6 is 0 Å². The van der Waals surface area contributed by atoms with Crippen molar-refractivity contribution in [1.82, 2.24) is 0 Å². The Labute approximate surface area is 114 Å². The Kier molecular flexibility index (Phi) is 3.76. The molecule has 2 rings (SSSR count). The summed E-state index contributed by atoms with van der Waals surface area (Å²) in [7, 11) is -3.01. The number of hydrogen-bond acceptors (Lipinski definition) is 4. The first-order chi connectivity index (χ1) is 8.79.